The molecule has 0 saturated heterocycles. The van der Waals surface area contributed by atoms with Crippen LogP contribution in [0.3, 0.4) is 0 Å². The lowest BCUT2D eigenvalue weighted by Gasteiger charge is -2.29. The second-order valence-corrected chi connectivity index (χ2v) is 5.23. The predicted octanol–water partition coefficient (Wildman–Crippen LogP) is 3.12. The molecule has 18 heavy (non-hydrogen) atoms. The fraction of sp³-hybridized carbons (Fsp3) is 0.533. The third kappa shape index (κ3) is 2.72. The van der Waals surface area contributed by atoms with Crippen molar-refractivity contribution in [3.63, 3.8) is 0 Å². The second kappa shape index (κ2) is 5.53. The zero-order valence-electron chi connectivity index (χ0n) is 11.3. The molecule has 3 nitrogen and oxygen atoms in total. The minimum atomic E-state index is -0.549. The van der Waals surface area contributed by atoms with Gasteiger partial charge in [0, 0.05) is 6.20 Å². The number of aliphatic hydroxyl groups is 1. The van der Waals surface area contributed by atoms with Crippen LogP contribution in [0.5, 0.6) is 5.75 Å². The third-order valence-electron chi connectivity index (χ3n) is 3.57. The number of hydrogen-bond donors (Lipinski definition) is 1. The highest BCUT2D eigenvalue weighted by Gasteiger charge is 2.28. The molecule has 3 heteroatoms. The smallest absolute Gasteiger partial charge is 0.143 e. The van der Waals surface area contributed by atoms with E-state index in [2.05, 4.69) is 24.9 Å². The molecule has 1 heterocycles. The maximum atomic E-state index is 10.5. The van der Waals surface area contributed by atoms with Crippen LogP contribution >= 0.6 is 0 Å². The summed E-state index contributed by atoms with van der Waals surface area (Å²) in [6.07, 6.45) is 5.38. The van der Waals surface area contributed by atoms with Crippen molar-refractivity contribution in [3.05, 3.63) is 35.7 Å². The monoisotopic (exact) mass is 247 g/mol. The quantitative estimate of drug-likeness (QED) is 0.834. The molecule has 0 amide bonds. The van der Waals surface area contributed by atoms with Crippen molar-refractivity contribution >= 4 is 0 Å². The Morgan fingerprint density at radius 3 is 2.94 bits per heavy atom. The number of rotatable bonds is 3. The Kier molecular flexibility index (Phi) is 4.02. The summed E-state index contributed by atoms with van der Waals surface area (Å²) < 4.78 is 5.27. The van der Waals surface area contributed by atoms with Gasteiger partial charge in [0.1, 0.15) is 17.5 Å². The van der Waals surface area contributed by atoms with E-state index in [0.29, 0.717) is 17.4 Å². The number of pyridine rings is 1. The van der Waals surface area contributed by atoms with Crippen molar-refractivity contribution in [2.24, 2.45) is 11.8 Å². The van der Waals surface area contributed by atoms with Crippen LogP contribution in [0, 0.1) is 11.8 Å². The Labute approximate surface area is 109 Å². The van der Waals surface area contributed by atoms with E-state index in [1.165, 1.54) is 5.57 Å². The van der Waals surface area contributed by atoms with Crippen molar-refractivity contribution in [3.8, 4) is 5.75 Å². The van der Waals surface area contributed by atoms with E-state index >= 15 is 0 Å². The average Bonchev–Trinajstić information content (AvgIpc) is 2.36. The van der Waals surface area contributed by atoms with Gasteiger partial charge < -0.3 is 9.84 Å². The Bertz CT molecular complexity index is 442. The number of nitrogens with zero attached hydrogens (tertiary/aromatic N) is 1. The Hall–Kier alpha value is -1.35. The van der Waals surface area contributed by atoms with Crippen molar-refractivity contribution in [1.29, 1.82) is 0 Å². The van der Waals surface area contributed by atoms with Gasteiger partial charge >= 0.3 is 0 Å². The molecule has 1 aliphatic rings. The molecule has 2 rings (SSSR count). The zero-order valence-corrected chi connectivity index (χ0v) is 11.3. The Morgan fingerprint density at radius 1 is 1.50 bits per heavy atom. The van der Waals surface area contributed by atoms with Crippen LogP contribution in [-0.4, -0.2) is 17.2 Å². The molecule has 3 unspecified atom stereocenters. The summed E-state index contributed by atoms with van der Waals surface area (Å²) in [7, 11) is 1.61. The fourth-order valence-electron chi connectivity index (χ4n) is 2.86. The first-order valence-electron chi connectivity index (χ1n) is 6.46. The predicted molar refractivity (Wildman–Crippen MR) is 71.4 cm³/mol. The molecule has 0 bridgehead atoms. The van der Waals surface area contributed by atoms with Crippen LogP contribution in [0.2, 0.25) is 0 Å². The van der Waals surface area contributed by atoms with Gasteiger partial charge in [-0.1, -0.05) is 18.6 Å². The molecule has 0 fully saturated rings. The fourth-order valence-corrected chi connectivity index (χ4v) is 2.86. The van der Waals surface area contributed by atoms with Crippen molar-refractivity contribution < 1.29 is 9.84 Å². The molecule has 0 radical (unpaired) electrons. The molecule has 0 saturated carbocycles. The number of aliphatic hydroxyl groups excluding tert-OH is 1. The SMILES string of the molecule is COc1cccnc1C(O)C1CC(C)=CC(C)C1. The molecule has 1 aromatic rings. The van der Waals surface area contributed by atoms with Crippen LogP contribution in [0.25, 0.3) is 0 Å². The van der Waals surface area contributed by atoms with Gasteiger partial charge in [0.15, 0.2) is 0 Å². The van der Waals surface area contributed by atoms with Crippen molar-refractivity contribution in [1.82, 2.24) is 4.98 Å². The van der Waals surface area contributed by atoms with Gasteiger partial charge in [-0.15, -0.1) is 0 Å². The first kappa shape index (κ1) is 13.1. The summed E-state index contributed by atoms with van der Waals surface area (Å²) in [5, 5.41) is 10.5. The number of aromatic nitrogens is 1. The van der Waals surface area contributed by atoms with Crippen molar-refractivity contribution in [2.75, 3.05) is 7.11 Å². The van der Waals surface area contributed by atoms with Gasteiger partial charge in [0.05, 0.1) is 7.11 Å². The van der Waals surface area contributed by atoms with Gasteiger partial charge in [0.2, 0.25) is 0 Å². The number of ether oxygens (including phenoxy) is 1. The molecule has 1 aromatic heterocycles. The standard InChI is InChI=1S/C15H21NO2/c1-10-7-11(2)9-12(8-10)15(17)14-13(18-3)5-4-6-16-14/h4-7,10,12,15,17H,8-9H2,1-3H3. The third-order valence-corrected chi connectivity index (χ3v) is 3.57. The highest BCUT2D eigenvalue weighted by Crippen LogP contribution is 2.38. The van der Waals surface area contributed by atoms with Gasteiger partial charge in [-0.3, -0.25) is 4.98 Å². The second-order valence-electron chi connectivity index (χ2n) is 5.23. The number of allylic oxidation sites excluding steroid dienone is 2. The molecule has 1 N–H and O–H groups in total. The van der Waals surface area contributed by atoms with Crippen LogP contribution in [0.4, 0.5) is 0 Å². The van der Waals surface area contributed by atoms with E-state index in [1.54, 1.807) is 13.3 Å². The average molecular weight is 247 g/mol. The van der Waals surface area contributed by atoms with E-state index in [1.807, 2.05) is 12.1 Å². The molecule has 3 atom stereocenters. The highest BCUT2D eigenvalue weighted by molar-refractivity contribution is 5.29. The molecule has 0 aliphatic heterocycles. The maximum Gasteiger partial charge on any atom is 0.143 e. The van der Waals surface area contributed by atoms with Crippen LogP contribution in [0.1, 0.15) is 38.5 Å². The minimum absolute atomic E-state index is 0.230. The van der Waals surface area contributed by atoms with Crippen molar-refractivity contribution in [2.45, 2.75) is 32.8 Å². The molecular formula is C15H21NO2. The first-order valence-corrected chi connectivity index (χ1v) is 6.46. The Morgan fingerprint density at radius 2 is 2.28 bits per heavy atom. The van der Waals surface area contributed by atoms with Crippen LogP contribution in [0.15, 0.2) is 30.0 Å². The number of hydrogen-bond acceptors (Lipinski definition) is 3. The van der Waals surface area contributed by atoms with E-state index in [0.717, 1.165) is 12.8 Å². The summed E-state index contributed by atoms with van der Waals surface area (Å²) >= 11 is 0. The maximum absolute atomic E-state index is 10.5. The van der Waals surface area contributed by atoms with E-state index in [4.69, 9.17) is 4.74 Å². The van der Waals surface area contributed by atoms with Crippen LogP contribution < -0.4 is 4.74 Å². The summed E-state index contributed by atoms with van der Waals surface area (Å²) in [6, 6.07) is 3.67. The summed E-state index contributed by atoms with van der Waals surface area (Å²) in [4.78, 5) is 4.28. The molecule has 98 valence electrons. The minimum Gasteiger partial charge on any atom is -0.495 e. The van der Waals surface area contributed by atoms with Gasteiger partial charge in [-0.2, -0.15) is 0 Å². The lowest BCUT2D eigenvalue weighted by atomic mass is 9.79. The molecule has 1 aliphatic carbocycles. The first-order chi connectivity index (χ1) is 8.61. The van der Waals surface area contributed by atoms with E-state index < -0.39 is 6.10 Å². The van der Waals surface area contributed by atoms with Gasteiger partial charge in [-0.05, 0) is 43.7 Å². The number of methoxy groups -OCH3 is 1. The molecule has 0 aromatic carbocycles. The lowest BCUT2D eigenvalue weighted by molar-refractivity contribution is 0.0866. The van der Waals surface area contributed by atoms with Gasteiger partial charge in [-0.25, -0.2) is 0 Å². The molecular weight excluding hydrogens is 226 g/mol. The largest absolute Gasteiger partial charge is 0.495 e. The topological polar surface area (TPSA) is 42.4 Å². The summed E-state index contributed by atoms with van der Waals surface area (Å²) in [6.45, 7) is 4.32. The van der Waals surface area contributed by atoms with Gasteiger partial charge in [0.25, 0.3) is 0 Å². The summed E-state index contributed by atoms with van der Waals surface area (Å²) in [5.74, 6) is 1.42. The van der Waals surface area contributed by atoms with Crippen LogP contribution in [-0.2, 0) is 0 Å². The van der Waals surface area contributed by atoms with E-state index in [-0.39, 0.29) is 5.92 Å². The highest BCUT2D eigenvalue weighted by atomic mass is 16.5. The summed E-state index contributed by atoms with van der Waals surface area (Å²) in [5.41, 5.74) is 2.01. The zero-order chi connectivity index (χ0) is 13.1. The Balaban J connectivity index is 2.21. The van der Waals surface area contributed by atoms with E-state index in [9.17, 15) is 5.11 Å². The molecule has 0 spiro atoms. The normalized spacial score (nSPS) is 25.4. The lowest BCUT2D eigenvalue weighted by Crippen LogP contribution is -2.20.